The summed E-state index contributed by atoms with van der Waals surface area (Å²) in [6.45, 7) is 1.65. The molecule has 2 atom stereocenters. The van der Waals surface area contributed by atoms with Gasteiger partial charge in [0.1, 0.15) is 5.54 Å². The first-order chi connectivity index (χ1) is 8.91. The lowest BCUT2D eigenvalue weighted by Gasteiger charge is -2.30. The van der Waals surface area contributed by atoms with Crippen molar-refractivity contribution in [3.63, 3.8) is 0 Å². The third kappa shape index (κ3) is 3.42. The Kier molecular flexibility index (Phi) is 4.83. The normalized spacial score (nSPS) is 15.9. The molecule has 0 aromatic heterocycles. The van der Waals surface area contributed by atoms with E-state index in [9.17, 15) is 14.7 Å². The van der Waals surface area contributed by atoms with Crippen molar-refractivity contribution >= 4 is 11.9 Å². The number of nitrogens with two attached hydrogens (primary N) is 1. The number of rotatable bonds is 6. The molecular formula is C14H17NO4. The molecule has 0 amide bonds. The summed E-state index contributed by atoms with van der Waals surface area (Å²) in [7, 11) is 0. The third-order valence-corrected chi connectivity index (χ3v) is 2.97. The van der Waals surface area contributed by atoms with Crippen molar-refractivity contribution in [1.82, 2.24) is 0 Å². The van der Waals surface area contributed by atoms with Crippen LogP contribution in [0.1, 0.15) is 24.8 Å². The molecule has 5 heteroatoms. The summed E-state index contributed by atoms with van der Waals surface area (Å²) in [5.74, 6) is -3.17. The van der Waals surface area contributed by atoms with Crippen LogP contribution in [0.15, 0.2) is 42.5 Å². The topological polar surface area (TPSA) is 101 Å². The standard InChI is InChI=1S/C14H17NO4/c1-2-8-14(15,13(18)19)11(9-12(16)17)10-6-4-3-5-7-10/h2-8,11H,9,15H2,1H3,(H,16,17)(H,18,19)/t11?,14-/m1/s1. The van der Waals surface area contributed by atoms with Crippen LogP contribution in [0.25, 0.3) is 0 Å². The van der Waals surface area contributed by atoms with E-state index in [0.717, 1.165) is 0 Å². The zero-order chi connectivity index (χ0) is 14.5. The van der Waals surface area contributed by atoms with Crippen LogP contribution in [0.4, 0.5) is 0 Å². The van der Waals surface area contributed by atoms with Crippen molar-refractivity contribution in [2.24, 2.45) is 5.73 Å². The fourth-order valence-corrected chi connectivity index (χ4v) is 2.03. The van der Waals surface area contributed by atoms with Crippen LogP contribution in [0.2, 0.25) is 0 Å². The van der Waals surface area contributed by atoms with E-state index in [1.165, 1.54) is 12.2 Å². The third-order valence-electron chi connectivity index (χ3n) is 2.97. The van der Waals surface area contributed by atoms with Gasteiger partial charge in [0, 0.05) is 5.92 Å². The van der Waals surface area contributed by atoms with E-state index in [1.54, 1.807) is 37.3 Å². The highest BCUT2D eigenvalue weighted by molar-refractivity contribution is 5.84. The minimum absolute atomic E-state index is 0.350. The number of hydrogen-bond donors (Lipinski definition) is 3. The number of carboxylic acids is 2. The molecule has 1 rings (SSSR count). The van der Waals surface area contributed by atoms with Crippen LogP contribution in [0.5, 0.6) is 0 Å². The molecule has 1 unspecified atom stereocenters. The minimum atomic E-state index is -1.74. The molecule has 0 bridgehead atoms. The van der Waals surface area contributed by atoms with E-state index in [0.29, 0.717) is 5.56 Å². The van der Waals surface area contributed by atoms with Crippen LogP contribution >= 0.6 is 0 Å². The lowest BCUT2D eigenvalue weighted by molar-refractivity contribution is -0.143. The summed E-state index contributed by atoms with van der Waals surface area (Å²) in [4.78, 5) is 22.4. The maximum atomic E-state index is 11.4. The van der Waals surface area contributed by atoms with Gasteiger partial charge in [0.2, 0.25) is 0 Å². The Morgan fingerprint density at radius 2 is 1.89 bits per heavy atom. The van der Waals surface area contributed by atoms with Crippen molar-refractivity contribution < 1.29 is 19.8 Å². The molecule has 19 heavy (non-hydrogen) atoms. The van der Waals surface area contributed by atoms with Gasteiger partial charge in [0.05, 0.1) is 6.42 Å². The van der Waals surface area contributed by atoms with E-state index >= 15 is 0 Å². The first kappa shape index (κ1) is 14.9. The molecular weight excluding hydrogens is 246 g/mol. The van der Waals surface area contributed by atoms with E-state index < -0.39 is 23.4 Å². The van der Waals surface area contributed by atoms with Crippen molar-refractivity contribution in [3.05, 3.63) is 48.0 Å². The number of carboxylic acid groups (broad SMARTS) is 2. The molecule has 0 aliphatic heterocycles. The Morgan fingerprint density at radius 3 is 2.32 bits per heavy atom. The lowest BCUT2D eigenvalue weighted by atomic mass is 9.77. The summed E-state index contributed by atoms with van der Waals surface area (Å²) in [6, 6.07) is 8.59. The maximum Gasteiger partial charge on any atom is 0.328 e. The Hall–Kier alpha value is -2.14. The highest BCUT2D eigenvalue weighted by Crippen LogP contribution is 2.31. The molecule has 0 heterocycles. The van der Waals surface area contributed by atoms with Gasteiger partial charge >= 0.3 is 11.9 Å². The first-order valence-corrected chi connectivity index (χ1v) is 5.84. The van der Waals surface area contributed by atoms with Gasteiger partial charge in [0.25, 0.3) is 0 Å². The molecule has 0 fully saturated rings. The van der Waals surface area contributed by atoms with Crippen molar-refractivity contribution in [1.29, 1.82) is 0 Å². The first-order valence-electron chi connectivity index (χ1n) is 5.84. The smallest absolute Gasteiger partial charge is 0.328 e. The number of benzene rings is 1. The molecule has 0 saturated carbocycles. The summed E-state index contributed by atoms with van der Waals surface area (Å²) in [5.41, 5.74) is 4.78. The van der Waals surface area contributed by atoms with Gasteiger partial charge in [-0.2, -0.15) is 0 Å². The summed E-state index contributed by atoms with van der Waals surface area (Å²) in [6.07, 6.45) is 2.50. The number of carbonyl (C=O) groups is 2. The highest BCUT2D eigenvalue weighted by atomic mass is 16.4. The van der Waals surface area contributed by atoms with Crippen LogP contribution in [0.3, 0.4) is 0 Å². The van der Waals surface area contributed by atoms with E-state index in [4.69, 9.17) is 10.8 Å². The largest absolute Gasteiger partial charge is 0.481 e. The van der Waals surface area contributed by atoms with Gasteiger partial charge in [-0.05, 0) is 12.5 Å². The molecule has 0 aliphatic carbocycles. The molecule has 0 saturated heterocycles. The van der Waals surface area contributed by atoms with Crippen molar-refractivity contribution in [2.45, 2.75) is 24.8 Å². The Labute approximate surface area is 111 Å². The Balaban J connectivity index is 3.30. The van der Waals surface area contributed by atoms with Crippen LogP contribution in [-0.4, -0.2) is 27.7 Å². The van der Waals surface area contributed by atoms with E-state index in [2.05, 4.69) is 0 Å². The van der Waals surface area contributed by atoms with Gasteiger partial charge in [-0.15, -0.1) is 0 Å². The van der Waals surface area contributed by atoms with Gasteiger partial charge in [-0.3, -0.25) is 4.79 Å². The summed E-state index contributed by atoms with van der Waals surface area (Å²) in [5, 5.41) is 18.3. The molecule has 1 aromatic carbocycles. The number of allylic oxidation sites excluding steroid dienone is 1. The minimum Gasteiger partial charge on any atom is -0.481 e. The average molecular weight is 263 g/mol. The quantitative estimate of drug-likeness (QED) is 0.677. The molecule has 102 valence electrons. The Bertz CT molecular complexity index is 483. The Morgan fingerprint density at radius 1 is 1.32 bits per heavy atom. The highest BCUT2D eigenvalue weighted by Gasteiger charge is 2.41. The van der Waals surface area contributed by atoms with E-state index in [-0.39, 0.29) is 6.42 Å². The second-order valence-electron chi connectivity index (χ2n) is 4.30. The molecule has 4 N–H and O–H groups in total. The maximum absolute atomic E-state index is 11.4. The average Bonchev–Trinajstić information content (AvgIpc) is 2.36. The number of aliphatic carboxylic acids is 2. The second-order valence-corrected chi connectivity index (χ2v) is 4.30. The fourth-order valence-electron chi connectivity index (χ4n) is 2.03. The van der Waals surface area contributed by atoms with Crippen LogP contribution in [0, 0.1) is 0 Å². The summed E-state index contributed by atoms with van der Waals surface area (Å²) < 4.78 is 0. The van der Waals surface area contributed by atoms with Crippen molar-refractivity contribution in [3.8, 4) is 0 Å². The molecule has 1 aromatic rings. The van der Waals surface area contributed by atoms with Crippen molar-refractivity contribution in [2.75, 3.05) is 0 Å². The molecule has 0 radical (unpaired) electrons. The second kappa shape index (κ2) is 6.15. The fraction of sp³-hybridized carbons (Fsp3) is 0.286. The van der Waals surface area contributed by atoms with Gasteiger partial charge in [-0.1, -0.05) is 42.5 Å². The lowest BCUT2D eigenvalue weighted by Crippen LogP contribution is -2.51. The summed E-state index contributed by atoms with van der Waals surface area (Å²) >= 11 is 0. The predicted molar refractivity (Wildman–Crippen MR) is 70.8 cm³/mol. The van der Waals surface area contributed by atoms with Gasteiger partial charge in [0.15, 0.2) is 0 Å². The van der Waals surface area contributed by atoms with E-state index in [1.807, 2.05) is 0 Å². The van der Waals surface area contributed by atoms with Crippen LogP contribution < -0.4 is 5.73 Å². The van der Waals surface area contributed by atoms with Crippen LogP contribution in [-0.2, 0) is 9.59 Å². The molecule has 0 spiro atoms. The van der Waals surface area contributed by atoms with Gasteiger partial charge < -0.3 is 15.9 Å². The molecule has 0 aliphatic rings. The molecule has 5 nitrogen and oxygen atoms in total. The number of hydrogen-bond acceptors (Lipinski definition) is 3. The monoisotopic (exact) mass is 263 g/mol. The zero-order valence-electron chi connectivity index (χ0n) is 10.6. The predicted octanol–water partition coefficient (Wildman–Crippen LogP) is 1.60. The van der Waals surface area contributed by atoms with Gasteiger partial charge in [-0.25, -0.2) is 4.79 Å². The SMILES string of the molecule is CC=C[C@](N)(C(=O)O)C(CC(=O)O)c1ccccc1. The zero-order valence-corrected chi connectivity index (χ0v) is 10.6.